The van der Waals surface area contributed by atoms with Gasteiger partial charge in [-0.2, -0.15) is 5.10 Å². The molecule has 3 heterocycles. The van der Waals surface area contributed by atoms with E-state index in [0.29, 0.717) is 19.7 Å². The Morgan fingerprint density at radius 2 is 2.16 bits per heavy atom. The number of benzene rings is 1. The number of hydrogen-bond donors (Lipinski definition) is 0. The number of fused-ring (bicyclic) bond motifs is 2. The highest BCUT2D eigenvalue weighted by Crippen LogP contribution is 2.22. The topological polar surface area (TPSA) is 78.1 Å². The third-order valence-corrected chi connectivity index (χ3v) is 4.56. The molecule has 8 heteroatoms. The Labute approximate surface area is 145 Å². The molecule has 0 radical (unpaired) electrons. The lowest BCUT2D eigenvalue weighted by molar-refractivity contribution is -0.134. The van der Waals surface area contributed by atoms with Crippen LogP contribution in [0.4, 0.5) is 0 Å². The van der Waals surface area contributed by atoms with E-state index in [1.54, 1.807) is 18.0 Å². The number of ether oxygens (including phenoxy) is 1. The number of hydrogen-bond acceptors (Lipinski definition) is 5. The van der Waals surface area contributed by atoms with E-state index in [0.717, 1.165) is 22.6 Å². The molecule has 4 rings (SSSR count). The van der Waals surface area contributed by atoms with E-state index in [1.807, 2.05) is 29.2 Å². The van der Waals surface area contributed by atoms with Crippen molar-refractivity contribution < 1.29 is 9.53 Å². The van der Waals surface area contributed by atoms with E-state index in [2.05, 4.69) is 26.8 Å². The first-order chi connectivity index (χ1) is 12.2. The largest absolute Gasteiger partial charge is 0.377 e. The van der Waals surface area contributed by atoms with Gasteiger partial charge >= 0.3 is 0 Å². The average Bonchev–Trinajstić information content (AvgIpc) is 3.20. The fourth-order valence-corrected chi connectivity index (χ4v) is 3.41. The van der Waals surface area contributed by atoms with Crippen molar-refractivity contribution >= 4 is 16.8 Å². The molecular weight excluding hydrogens is 320 g/mol. The van der Waals surface area contributed by atoms with Crippen LogP contribution in [-0.4, -0.2) is 49.0 Å². The summed E-state index contributed by atoms with van der Waals surface area (Å²) < 4.78 is 8.98. The van der Waals surface area contributed by atoms with Gasteiger partial charge in [-0.05, 0) is 13.0 Å². The van der Waals surface area contributed by atoms with E-state index >= 15 is 0 Å². The van der Waals surface area contributed by atoms with Crippen molar-refractivity contribution in [1.29, 1.82) is 0 Å². The van der Waals surface area contributed by atoms with Crippen LogP contribution >= 0.6 is 0 Å². The first kappa shape index (κ1) is 15.8. The molecule has 1 aliphatic heterocycles. The Morgan fingerprint density at radius 3 is 3.00 bits per heavy atom. The van der Waals surface area contributed by atoms with Crippen molar-refractivity contribution in [2.24, 2.45) is 0 Å². The summed E-state index contributed by atoms with van der Waals surface area (Å²) >= 11 is 0. The Bertz CT molecular complexity index is 915. The zero-order valence-electron chi connectivity index (χ0n) is 14.3. The molecule has 2 aromatic heterocycles. The molecule has 0 saturated carbocycles. The number of carbonyl (C=O) groups excluding carboxylic acids is 1. The second kappa shape index (κ2) is 6.29. The Morgan fingerprint density at radius 1 is 1.32 bits per heavy atom. The molecule has 25 heavy (non-hydrogen) atoms. The zero-order valence-corrected chi connectivity index (χ0v) is 14.3. The van der Waals surface area contributed by atoms with E-state index in [4.69, 9.17) is 4.74 Å². The summed E-state index contributed by atoms with van der Waals surface area (Å²) in [5, 5.41) is 13.8. The first-order valence-corrected chi connectivity index (χ1v) is 8.27. The zero-order chi connectivity index (χ0) is 17.4. The normalized spacial score (nSPS) is 17.0. The molecule has 1 atom stereocenters. The smallest absolute Gasteiger partial charge is 0.244 e. The second-order valence-electron chi connectivity index (χ2n) is 6.32. The fraction of sp³-hybridized carbons (Fsp3) is 0.412. The second-order valence-corrected chi connectivity index (χ2v) is 6.32. The van der Waals surface area contributed by atoms with E-state index in [9.17, 15) is 4.79 Å². The van der Waals surface area contributed by atoms with Gasteiger partial charge < -0.3 is 14.2 Å². The standard InChI is InChI=1S/C17H20N6O2/c1-12-8-21(9-15-19-20-16(11-25-2)23(12)15)17(24)10-22-14-6-4-3-5-13(14)7-18-22/h3-7,12H,8-11H2,1-2H3/t12-/m0/s1. The molecule has 0 spiro atoms. The average molecular weight is 340 g/mol. The lowest BCUT2D eigenvalue weighted by atomic mass is 10.2. The maximum atomic E-state index is 12.8. The monoisotopic (exact) mass is 340 g/mol. The highest BCUT2D eigenvalue weighted by molar-refractivity contribution is 5.82. The number of para-hydroxylation sites is 1. The molecule has 3 aromatic rings. The van der Waals surface area contributed by atoms with E-state index < -0.39 is 0 Å². The summed E-state index contributed by atoms with van der Waals surface area (Å²) in [6, 6.07) is 8.00. The Balaban J connectivity index is 1.53. The summed E-state index contributed by atoms with van der Waals surface area (Å²) in [5.74, 6) is 1.63. The Hall–Kier alpha value is -2.74. The van der Waals surface area contributed by atoms with Crippen LogP contribution in [0.5, 0.6) is 0 Å². The molecule has 0 fully saturated rings. The molecular formula is C17H20N6O2. The highest BCUT2D eigenvalue weighted by atomic mass is 16.5. The van der Waals surface area contributed by atoms with Crippen LogP contribution in [0, 0.1) is 0 Å². The van der Waals surface area contributed by atoms with Gasteiger partial charge in [0, 0.05) is 19.0 Å². The number of nitrogens with zero attached hydrogens (tertiary/aromatic N) is 6. The van der Waals surface area contributed by atoms with Gasteiger partial charge in [-0.1, -0.05) is 18.2 Å². The van der Waals surface area contributed by atoms with Gasteiger partial charge in [0.25, 0.3) is 0 Å². The first-order valence-electron chi connectivity index (χ1n) is 8.27. The summed E-state index contributed by atoms with van der Waals surface area (Å²) in [7, 11) is 1.64. The van der Waals surface area contributed by atoms with Crippen LogP contribution in [0.3, 0.4) is 0 Å². The molecule has 0 N–H and O–H groups in total. The van der Waals surface area contributed by atoms with Gasteiger partial charge in [-0.3, -0.25) is 9.48 Å². The van der Waals surface area contributed by atoms with Crippen molar-refractivity contribution in [2.45, 2.75) is 32.7 Å². The number of methoxy groups -OCH3 is 1. The van der Waals surface area contributed by atoms with E-state index in [1.165, 1.54) is 0 Å². The van der Waals surface area contributed by atoms with Crippen molar-refractivity contribution in [2.75, 3.05) is 13.7 Å². The van der Waals surface area contributed by atoms with Crippen molar-refractivity contribution in [1.82, 2.24) is 29.4 Å². The summed E-state index contributed by atoms with van der Waals surface area (Å²) in [5.41, 5.74) is 0.964. The lowest BCUT2D eigenvalue weighted by Crippen LogP contribution is -2.42. The van der Waals surface area contributed by atoms with Crippen LogP contribution in [-0.2, 0) is 29.2 Å². The third kappa shape index (κ3) is 2.78. The van der Waals surface area contributed by atoms with Gasteiger partial charge in [-0.15, -0.1) is 10.2 Å². The molecule has 0 unspecified atom stereocenters. The van der Waals surface area contributed by atoms with Crippen molar-refractivity contribution in [3.63, 3.8) is 0 Å². The number of aromatic nitrogens is 5. The van der Waals surface area contributed by atoms with Gasteiger partial charge in [0.2, 0.25) is 5.91 Å². The molecule has 0 bridgehead atoms. The molecule has 8 nitrogen and oxygen atoms in total. The minimum Gasteiger partial charge on any atom is -0.377 e. The minimum atomic E-state index is 0.0308. The summed E-state index contributed by atoms with van der Waals surface area (Å²) in [4.78, 5) is 14.6. The van der Waals surface area contributed by atoms with Gasteiger partial charge in [0.15, 0.2) is 11.6 Å². The predicted molar refractivity (Wildman–Crippen MR) is 90.6 cm³/mol. The fourth-order valence-electron chi connectivity index (χ4n) is 3.41. The molecule has 0 saturated heterocycles. The van der Waals surface area contributed by atoms with Gasteiger partial charge in [0.05, 0.1) is 24.3 Å². The number of amides is 1. The van der Waals surface area contributed by atoms with Gasteiger partial charge in [-0.25, -0.2) is 0 Å². The minimum absolute atomic E-state index is 0.0308. The van der Waals surface area contributed by atoms with Crippen molar-refractivity contribution in [3.8, 4) is 0 Å². The number of rotatable bonds is 4. The summed E-state index contributed by atoms with van der Waals surface area (Å²) in [6.45, 7) is 3.79. The third-order valence-electron chi connectivity index (χ3n) is 4.56. The van der Waals surface area contributed by atoms with Crippen LogP contribution < -0.4 is 0 Å². The molecule has 0 aliphatic carbocycles. The van der Waals surface area contributed by atoms with Crippen LogP contribution in [0.1, 0.15) is 24.6 Å². The molecule has 1 aromatic carbocycles. The van der Waals surface area contributed by atoms with Gasteiger partial charge in [0.1, 0.15) is 13.2 Å². The quantitative estimate of drug-likeness (QED) is 0.717. The van der Waals surface area contributed by atoms with E-state index in [-0.39, 0.29) is 18.5 Å². The Kier molecular flexibility index (Phi) is 3.96. The van der Waals surface area contributed by atoms with Crippen LogP contribution in [0.25, 0.3) is 10.9 Å². The highest BCUT2D eigenvalue weighted by Gasteiger charge is 2.29. The van der Waals surface area contributed by atoms with Crippen LogP contribution in [0.2, 0.25) is 0 Å². The molecule has 130 valence electrons. The molecule has 1 amide bonds. The summed E-state index contributed by atoms with van der Waals surface area (Å²) in [6.07, 6.45) is 1.79. The van der Waals surface area contributed by atoms with Crippen LogP contribution in [0.15, 0.2) is 30.5 Å². The molecule has 1 aliphatic rings. The SMILES string of the molecule is COCc1nnc2n1[C@@H](C)CN(C(=O)Cn1ncc3ccccc31)C2. The maximum Gasteiger partial charge on any atom is 0.244 e. The predicted octanol–water partition coefficient (Wildman–Crippen LogP) is 1.38. The number of carbonyl (C=O) groups is 1. The lowest BCUT2D eigenvalue weighted by Gasteiger charge is -2.32. The van der Waals surface area contributed by atoms with Crippen molar-refractivity contribution in [3.05, 3.63) is 42.1 Å². The maximum absolute atomic E-state index is 12.8.